The Morgan fingerprint density at radius 2 is 1.03 bits per heavy atom. The molecule has 204 valence electrons. The first-order valence-corrected chi connectivity index (χ1v) is 14.3. The average Bonchev–Trinajstić information content (AvgIpc) is 2.76. The fourth-order valence-electron chi connectivity index (χ4n) is 2.43. The molecule has 0 aliphatic carbocycles. The second kappa shape index (κ2) is 24.6. The van der Waals surface area contributed by atoms with Crippen molar-refractivity contribution in [3.05, 3.63) is 23.2 Å². The SMILES string of the molecule is O=S(=O)([O-])CCCOCCOCCOc1ccc(Cl)c(OCCOCCOCCCS(=O)(=O)[O-])c1.[K+].[K+]. The molecule has 1 rings (SSSR count). The zero-order valence-corrected chi connectivity index (χ0v) is 29.9. The van der Waals surface area contributed by atoms with E-state index in [0.717, 1.165) is 0 Å². The Kier molecular flexibility index (Phi) is 27.4. The molecule has 0 aliphatic heterocycles. The van der Waals surface area contributed by atoms with Crippen LogP contribution in [-0.4, -0.2) is 104 Å². The van der Waals surface area contributed by atoms with Crippen LogP contribution in [0.2, 0.25) is 5.02 Å². The van der Waals surface area contributed by atoms with Gasteiger partial charge in [-0.25, -0.2) is 16.8 Å². The summed E-state index contributed by atoms with van der Waals surface area (Å²) in [6, 6.07) is 4.97. The maximum Gasteiger partial charge on any atom is 1.00 e. The Hall–Kier alpha value is 2.04. The van der Waals surface area contributed by atoms with Crippen molar-refractivity contribution in [2.24, 2.45) is 0 Å². The van der Waals surface area contributed by atoms with Crippen molar-refractivity contribution in [3.63, 3.8) is 0 Å². The van der Waals surface area contributed by atoms with Crippen LogP contribution in [0.25, 0.3) is 0 Å². The Balaban J connectivity index is 0. The van der Waals surface area contributed by atoms with E-state index in [1.807, 2.05) is 0 Å². The van der Waals surface area contributed by atoms with Crippen molar-refractivity contribution < 1.29 is 157 Å². The molecule has 1 aromatic carbocycles. The molecule has 0 unspecified atom stereocenters. The maximum atomic E-state index is 10.5. The standard InChI is InChI=1S/C20H33ClO12S2.2K/c21-19-4-3-18(32-13-11-30-9-7-28-5-1-15-34(22,23)24)17-20(19)33-14-12-31-10-8-29-6-2-16-35(25,26)27;;/h3-4,17H,1-2,5-16H2,(H,22,23,24)(H,25,26,27);;/q;2*+1/p-2. The van der Waals surface area contributed by atoms with Gasteiger partial charge in [-0.1, -0.05) is 11.6 Å². The Labute approximate surface area is 309 Å². The minimum Gasteiger partial charge on any atom is -0.748 e. The Morgan fingerprint density at radius 1 is 0.622 bits per heavy atom. The van der Waals surface area contributed by atoms with Crippen molar-refractivity contribution in [1.29, 1.82) is 0 Å². The minimum absolute atomic E-state index is 0. The van der Waals surface area contributed by atoms with Gasteiger partial charge in [-0.3, -0.25) is 0 Å². The third-order valence-corrected chi connectivity index (χ3v) is 5.88. The fourth-order valence-corrected chi connectivity index (χ4v) is 3.55. The van der Waals surface area contributed by atoms with Crippen LogP contribution in [0.15, 0.2) is 18.2 Å². The molecule has 0 radical (unpaired) electrons. The average molecular weight is 641 g/mol. The second-order valence-corrected chi connectivity index (χ2v) is 10.4. The van der Waals surface area contributed by atoms with Crippen LogP contribution >= 0.6 is 11.6 Å². The van der Waals surface area contributed by atoms with E-state index in [2.05, 4.69) is 0 Å². The third kappa shape index (κ3) is 26.7. The summed E-state index contributed by atoms with van der Waals surface area (Å²) in [6.07, 6.45) is 0.295. The van der Waals surface area contributed by atoms with E-state index in [0.29, 0.717) is 29.7 Å². The van der Waals surface area contributed by atoms with Gasteiger partial charge >= 0.3 is 103 Å². The number of rotatable bonds is 22. The molecule has 0 atom stereocenters. The fraction of sp³-hybridized carbons (Fsp3) is 0.700. The summed E-state index contributed by atoms with van der Waals surface area (Å²) in [5.41, 5.74) is 0. The largest absolute Gasteiger partial charge is 1.00 e. The van der Waals surface area contributed by atoms with E-state index in [1.165, 1.54) is 0 Å². The van der Waals surface area contributed by atoms with Gasteiger partial charge in [0.25, 0.3) is 0 Å². The summed E-state index contributed by atoms with van der Waals surface area (Å²) in [4.78, 5) is 0. The molecular formula is C20H31ClK2O12S2. The van der Waals surface area contributed by atoms with Gasteiger partial charge in [0, 0.05) is 30.8 Å². The van der Waals surface area contributed by atoms with E-state index in [-0.39, 0.29) is 168 Å². The smallest absolute Gasteiger partial charge is 0.748 e. The van der Waals surface area contributed by atoms with E-state index in [9.17, 15) is 25.9 Å². The Morgan fingerprint density at radius 3 is 1.49 bits per heavy atom. The molecular weight excluding hydrogens is 610 g/mol. The molecule has 37 heavy (non-hydrogen) atoms. The summed E-state index contributed by atoms with van der Waals surface area (Å²) in [5.74, 6) is 0.0730. The van der Waals surface area contributed by atoms with Gasteiger partial charge in [-0.2, -0.15) is 0 Å². The monoisotopic (exact) mass is 640 g/mol. The molecule has 17 heteroatoms. The zero-order chi connectivity index (χ0) is 26.0. The molecule has 0 saturated carbocycles. The number of halogens is 1. The molecule has 0 fully saturated rings. The van der Waals surface area contributed by atoms with E-state index in [4.69, 9.17) is 40.0 Å². The summed E-state index contributed by atoms with van der Waals surface area (Å²) >= 11 is 6.12. The van der Waals surface area contributed by atoms with Crippen LogP contribution in [0.3, 0.4) is 0 Å². The zero-order valence-electron chi connectivity index (χ0n) is 21.2. The van der Waals surface area contributed by atoms with Crippen LogP contribution in [-0.2, 0) is 39.2 Å². The topological polar surface area (TPSA) is 170 Å². The summed E-state index contributed by atoms with van der Waals surface area (Å²) in [7, 11) is -8.41. The van der Waals surface area contributed by atoms with E-state index in [1.54, 1.807) is 18.2 Å². The molecule has 0 amide bonds. The molecule has 1 aromatic rings. The maximum absolute atomic E-state index is 10.5. The van der Waals surface area contributed by atoms with E-state index >= 15 is 0 Å². The van der Waals surface area contributed by atoms with Crippen molar-refractivity contribution in [3.8, 4) is 11.5 Å². The van der Waals surface area contributed by atoms with Crippen molar-refractivity contribution >= 4 is 31.8 Å². The minimum atomic E-state index is -4.21. The van der Waals surface area contributed by atoms with Crippen molar-refractivity contribution in [1.82, 2.24) is 0 Å². The molecule has 0 bridgehead atoms. The van der Waals surface area contributed by atoms with Gasteiger partial charge in [-0.05, 0) is 25.0 Å². The quantitative estimate of drug-likeness (QED) is 0.0673. The van der Waals surface area contributed by atoms with Gasteiger partial charge < -0.3 is 37.5 Å². The molecule has 0 N–H and O–H groups in total. The molecule has 12 nitrogen and oxygen atoms in total. The normalized spacial score (nSPS) is 11.4. The van der Waals surface area contributed by atoms with Crippen molar-refractivity contribution in [2.75, 3.05) is 77.6 Å². The molecule has 0 aliphatic rings. The molecule has 0 heterocycles. The number of ether oxygens (including phenoxy) is 6. The number of hydrogen-bond donors (Lipinski definition) is 0. The van der Waals surface area contributed by atoms with Crippen LogP contribution in [0.4, 0.5) is 0 Å². The number of hydrogen-bond acceptors (Lipinski definition) is 12. The van der Waals surface area contributed by atoms with E-state index < -0.39 is 31.7 Å². The summed E-state index contributed by atoms with van der Waals surface area (Å²) in [6.45, 7) is 2.57. The first-order valence-electron chi connectivity index (χ1n) is 10.8. The predicted octanol–water partition coefficient (Wildman–Crippen LogP) is -4.96. The third-order valence-electron chi connectivity index (χ3n) is 3.99. The molecule has 0 saturated heterocycles. The summed E-state index contributed by atoms with van der Waals surface area (Å²) < 4.78 is 94.9. The second-order valence-electron chi connectivity index (χ2n) is 6.97. The van der Waals surface area contributed by atoms with Gasteiger partial charge in [0.1, 0.15) is 24.7 Å². The first kappa shape index (κ1) is 41.2. The molecule has 0 aromatic heterocycles. The van der Waals surface area contributed by atoms with Gasteiger partial charge in [0.05, 0.1) is 64.9 Å². The van der Waals surface area contributed by atoms with Gasteiger partial charge in [-0.15, -0.1) is 0 Å². The summed E-state index contributed by atoms with van der Waals surface area (Å²) in [5, 5.41) is 0.409. The van der Waals surface area contributed by atoms with Crippen molar-refractivity contribution in [2.45, 2.75) is 12.8 Å². The van der Waals surface area contributed by atoms with Crippen LogP contribution in [0.1, 0.15) is 12.8 Å². The predicted molar refractivity (Wildman–Crippen MR) is 124 cm³/mol. The van der Waals surface area contributed by atoms with Crippen LogP contribution in [0, 0.1) is 0 Å². The van der Waals surface area contributed by atoms with Gasteiger partial charge in [0.2, 0.25) is 0 Å². The van der Waals surface area contributed by atoms with Crippen LogP contribution < -0.4 is 112 Å². The van der Waals surface area contributed by atoms with Gasteiger partial charge in [0.15, 0.2) is 0 Å². The Bertz CT molecular complexity index is 920. The van der Waals surface area contributed by atoms with Crippen LogP contribution in [0.5, 0.6) is 11.5 Å². The number of benzene rings is 1. The molecule has 0 spiro atoms. The first-order chi connectivity index (χ1) is 16.6.